The molecule has 0 aromatic carbocycles. The number of nitro groups is 1. The lowest BCUT2D eigenvalue weighted by atomic mass is 10.1. The summed E-state index contributed by atoms with van der Waals surface area (Å²) in [5.41, 5.74) is 0. The monoisotopic (exact) mass is 282 g/mol. The topological polar surface area (TPSA) is 102 Å². The molecule has 0 saturated carbocycles. The number of aryl methyl sites for hydroxylation is 1. The van der Waals surface area contributed by atoms with Gasteiger partial charge in [-0.05, 0) is 22.7 Å². The van der Waals surface area contributed by atoms with E-state index in [9.17, 15) is 20.0 Å². The standard InChI is InChI=1S/C12H18N4O4/c1-8-13-10(16(19)20)11(14(8)2)15-7-5-3-4-6-9(15)12(17)18/h9H,3-7H2,1-2H3,(H,17,18). The summed E-state index contributed by atoms with van der Waals surface area (Å²) < 4.78 is 1.60. The number of carboxylic acid groups (broad SMARTS) is 1. The van der Waals surface area contributed by atoms with Crippen LogP contribution < -0.4 is 4.90 Å². The van der Waals surface area contributed by atoms with E-state index in [0.717, 1.165) is 19.3 Å². The summed E-state index contributed by atoms with van der Waals surface area (Å²) in [6.45, 7) is 2.17. The molecule has 1 aromatic rings. The molecule has 0 amide bonds. The molecule has 1 N–H and O–H groups in total. The summed E-state index contributed by atoms with van der Waals surface area (Å²) in [6.07, 6.45) is 3.07. The molecule has 2 rings (SSSR count). The molecular weight excluding hydrogens is 264 g/mol. The van der Waals surface area contributed by atoms with Crippen molar-refractivity contribution in [1.29, 1.82) is 0 Å². The third-order valence-electron chi connectivity index (χ3n) is 3.75. The summed E-state index contributed by atoms with van der Waals surface area (Å²) in [6, 6.07) is -0.731. The number of aliphatic carboxylic acids is 1. The van der Waals surface area contributed by atoms with Crippen molar-refractivity contribution in [2.45, 2.75) is 38.6 Å². The molecule has 0 aliphatic carbocycles. The normalized spacial score (nSPS) is 19.7. The maximum atomic E-state index is 11.4. The van der Waals surface area contributed by atoms with Gasteiger partial charge in [-0.2, -0.15) is 0 Å². The highest BCUT2D eigenvalue weighted by Gasteiger charge is 2.35. The zero-order valence-electron chi connectivity index (χ0n) is 11.6. The number of hydrogen-bond donors (Lipinski definition) is 1. The van der Waals surface area contributed by atoms with Gasteiger partial charge in [-0.15, -0.1) is 0 Å². The van der Waals surface area contributed by atoms with Crippen LogP contribution in [0, 0.1) is 17.0 Å². The highest BCUT2D eigenvalue weighted by molar-refractivity contribution is 5.79. The first-order chi connectivity index (χ1) is 9.43. The quantitative estimate of drug-likeness (QED) is 0.665. The summed E-state index contributed by atoms with van der Waals surface area (Å²) in [4.78, 5) is 27.6. The molecule has 1 saturated heterocycles. The zero-order valence-corrected chi connectivity index (χ0v) is 11.6. The molecule has 8 nitrogen and oxygen atoms in total. The molecule has 2 heterocycles. The molecule has 1 aliphatic rings. The Morgan fingerprint density at radius 3 is 2.75 bits per heavy atom. The third kappa shape index (κ3) is 2.45. The van der Waals surface area contributed by atoms with Crippen LogP contribution in [0.5, 0.6) is 0 Å². The highest BCUT2D eigenvalue weighted by atomic mass is 16.6. The molecule has 0 radical (unpaired) electrons. The average Bonchev–Trinajstić information content (AvgIpc) is 2.57. The van der Waals surface area contributed by atoms with Gasteiger partial charge in [-0.25, -0.2) is 4.79 Å². The van der Waals surface area contributed by atoms with Crippen LogP contribution in [0.3, 0.4) is 0 Å². The summed E-state index contributed by atoms with van der Waals surface area (Å²) >= 11 is 0. The second kappa shape index (κ2) is 5.48. The molecule has 0 spiro atoms. The number of imidazole rings is 1. The second-order valence-electron chi connectivity index (χ2n) is 5.02. The SMILES string of the molecule is Cc1nc([N+](=O)[O-])c(N2CCCCCC2C(=O)O)n1C. The Morgan fingerprint density at radius 1 is 1.45 bits per heavy atom. The van der Waals surface area contributed by atoms with Crippen LogP contribution in [0.2, 0.25) is 0 Å². The van der Waals surface area contributed by atoms with E-state index in [2.05, 4.69) is 4.98 Å². The van der Waals surface area contributed by atoms with Crippen molar-refractivity contribution in [2.24, 2.45) is 7.05 Å². The van der Waals surface area contributed by atoms with Gasteiger partial charge in [0.2, 0.25) is 11.6 Å². The fourth-order valence-electron chi connectivity index (χ4n) is 2.64. The molecule has 20 heavy (non-hydrogen) atoms. The Bertz CT molecular complexity index is 540. The van der Waals surface area contributed by atoms with Crippen LogP contribution in [-0.2, 0) is 11.8 Å². The largest absolute Gasteiger partial charge is 0.480 e. The van der Waals surface area contributed by atoms with E-state index in [1.165, 1.54) is 0 Å². The number of rotatable bonds is 3. The maximum Gasteiger partial charge on any atom is 0.406 e. The van der Waals surface area contributed by atoms with Crippen LogP contribution in [-0.4, -0.2) is 38.1 Å². The molecule has 1 atom stereocenters. The summed E-state index contributed by atoms with van der Waals surface area (Å²) in [7, 11) is 1.68. The number of carboxylic acids is 1. The highest BCUT2D eigenvalue weighted by Crippen LogP contribution is 2.32. The second-order valence-corrected chi connectivity index (χ2v) is 5.02. The van der Waals surface area contributed by atoms with Crippen molar-refractivity contribution in [3.8, 4) is 0 Å². The van der Waals surface area contributed by atoms with Crippen LogP contribution in [0.15, 0.2) is 0 Å². The number of aromatic nitrogens is 2. The van der Waals surface area contributed by atoms with E-state index < -0.39 is 16.9 Å². The third-order valence-corrected chi connectivity index (χ3v) is 3.75. The van der Waals surface area contributed by atoms with Crippen LogP contribution >= 0.6 is 0 Å². The molecule has 1 aliphatic heterocycles. The lowest BCUT2D eigenvalue weighted by Gasteiger charge is -2.27. The van der Waals surface area contributed by atoms with Crippen LogP contribution in [0.1, 0.15) is 31.5 Å². The van der Waals surface area contributed by atoms with E-state index in [0.29, 0.717) is 24.6 Å². The van der Waals surface area contributed by atoms with Gasteiger partial charge in [0.1, 0.15) is 6.04 Å². The minimum atomic E-state index is -0.944. The lowest BCUT2D eigenvalue weighted by molar-refractivity contribution is -0.388. The number of anilines is 1. The lowest BCUT2D eigenvalue weighted by Crippen LogP contribution is -2.42. The summed E-state index contributed by atoms with van der Waals surface area (Å²) in [5.74, 6) is -0.417. The van der Waals surface area contributed by atoms with Crippen molar-refractivity contribution < 1.29 is 14.8 Å². The average molecular weight is 282 g/mol. The van der Waals surface area contributed by atoms with Gasteiger partial charge < -0.3 is 20.1 Å². The van der Waals surface area contributed by atoms with Crippen LogP contribution in [0.25, 0.3) is 0 Å². The number of nitrogens with zero attached hydrogens (tertiary/aromatic N) is 4. The van der Waals surface area contributed by atoms with Gasteiger partial charge in [0.15, 0.2) is 0 Å². The molecule has 1 aromatic heterocycles. The number of hydrogen-bond acceptors (Lipinski definition) is 5. The number of carbonyl (C=O) groups is 1. The predicted octanol–water partition coefficient (Wildman–Crippen LogP) is 1.47. The van der Waals surface area contributed by atoms with E-state index in [-0.39, 0.29) is 5.82 Å². The van der Waals surface area contributed by atoms with Gasteiger partial charge in [0.05, 0.1) is 0 Å². The fraction of sp³-hybridized carbons (Fsp3) is 0.667. The van der Waals surface area contributed by atoms with E-state index >= 15 is 0 Å². The Hall–Kier alpha value is -2.12. The Labute approximate surface area is 116 Å². The Kier molecular flexibility index (Phi) is 3.91. The Morgan fingerprint density at radius 2 is 2.15 bits per heavy atom. The minimum Gasteiger partial charge on any atom is -0.480 e. The molecule has 1 unspecified atom stereocenters. The molecular formula is C12H18N4O4. The van der Waals surface area contributed by atoms with Gasteiger partial charge in [0, 0.05) is 20.5 Å². The predicted molar refractivity (Wildman–Crippen MR) is 71.8 cm³/mol. The van der Waals surface area contributed by atoms with E-state index in [4.69, 9.17) is 0 Å². The van der Waals surface area contributed by atoms with E-state index in [1.54, 1.807) is 23.4 Å². The first kappa shape index (κ1) is 14.3. The molecule has 8 heteroatoms. The molecule has 1 fully saturated rings. The zero-order chi connectivity index (χ0) is 14.9. The van der Waals surface area contributed by atoms with Crippen LogP contribution in [0.4, 0.5) is 11.6 Å². The molecule has 0 bridgehead atoms. The minimum absolute atomic E-state index is 0.266. The van der Waals surface area contributed by atoms with Crippen molar-refractivity contribution in [3.05, 3.63) is 15.9 Å². The van der Waals surface area contributed by atoms with Crippen molar-refractivity contribution in [3.63, 3.8) is 0 Å². The van der Waals surface area contributed by atoms with Gasteiger partial charge in [-0.1, -0.05) is 12.8 Å². The smallest absolute Gasteiger partial charge is 0.406 e. The Balaban J connectivity index is 2.51. The van der Waals surface area contributed by atoms with Gasteiger partial charge >= 0.3 is 11.8 Å². The van der Waals surface area contributed by atoms with Crippen molar-refractivity contribution in [1.82, 2.24) is 9.55 Å². The summed E-state index contributed by atoms with van der Waals surface area (Å²) in [5, 5.41) is 20.5. The van der Waals surface area contributed by atoms with Gasteiger partial charge in [0.25, 0.3) is 0 Å². The van der Waals surface area contributed by atoms with Crippen molar-refractivity contribution in [2.75, 3.05) is 11.4 Å². The maximum absolute atomic E-state index is 11.4. The fourth-order valence-corrected chi connectivity index (χ4v) is 2.64. The molecule has 110 valence electrons. The first-order valence-corrected chi connectivity index (χ1v) is 6.60. The van der Waals surface area contributed by atoms with E-state index in [1.807, 2.05) is 0 Å². The van der Waals surface area contributed by atoms with Gasteiger partial charge in [-0.3, -0.25) is 4.57 Å². The van der Waals surface area contributed by atoms with Crippen molar-refractivity contribution >= 4 is 17.6 Å². The first-order valence-electron chi connectivity index (χ1n) is 6.60.